The third kappa shape index (κ3) is 1.59. The van der Waals surface area contributed by atoms with E-state index in [-0.39, 0.29) is 11.1 Å². The molecular weight excluding hydrogens is 174 g/mol. The summed E-state index contributed by atoms with van der Waals surface area (Å²) in [4.78, 5) is 0. The molecular formula is C12H23NO. The molecule has 2 fully saturated rings. The number of rotatable bonds is 0. The van der Waals surface area contributed by atoms with Crippen LogP contribution in [0.15, 0.2) is 0 Å². The third-order valence-corrected chi connectivity index (χ3v) is 3.90. The van der Waals surface area contributed by atoms with Gasteiger partial charge in [-0.05, 0) is 25.2 Å². The second-order valence-electron chi connectivity index (χ2n) is 6.61. The molecule has 1 N–H and O–H groups in total. The van der Waals surface area contributed by atoms with Crippen molar-refractivity contribution in [1.29, 1.82) is 0 Å². The Morgan fingerprint density at radius 3 is 2.14 bits per heavy atom. The van der Waals surface area contributed by atoms with Gasteiger partial charge in [-0.15, -0.1) is 0 Å². The summed E-state index contributed by atoms with van der Waals surface area (Å²) >= 11 is 0. The predicted octanol–water partition coefficient (Wildman–Crippen LogP) is 2.54. The zero-order valence-electron chi connectivity index (χ0n) is 10.1. The van der Waals surface area contributed by atoms with E-state index in [1.165, 1.54) is 0 Å². The van der Waals surface area contributed by atoms with Crippen LogP contribution >= 0.6 is 0 Å². The fourth-order valence-corrected chi connectivity index (χ4v) is 2.77. The summed E-state index contributed by atoms with van der Waals surface area (Å²) in [7, 11) is 0. The highest BCUT2D eigenvalue weighted by Crippen LogP contribution is 2.51. The maximum absolute atomic E-state index is 6.15. The molecule has 2 aliphatic rings. The Balaban J connectivity index is 2.01. The van der Waals surface area contributed by atoms with Crippen molar-refractivity contribution in [2.45, 2.75) is 59.3 Å². The van der Waals surface area contributed by atoms with Gasteiger partial charge in [0, 0.05) is 12.0 Å². The highest BCUT2D eigenvalue weighted by atomic mass is 16.5. The van der Waals surface area contributed by atoms with Gasteiger partial charge in [-0.3, -0.25) is 5.32 Å². The SMILES string of the molecule is CC1OC2(CC(C)(C)C2)NCC1(C)C. The van der Waals surface area contributed by atoms with Gasteiger partial charge in [0.05, 0.1) is 6.10 Å². The Morgan fingerprint density at radius 2 is 1.71 bits per heavy atom. The van der Waals surface area contributed by atoms with Crippen molar-refractivity contribution in [3.05, 3.63) is 0 Å². The standard InChI is InChI=1S/C12H23NO/c1-9-11(4,5)8-13-12(14-9)6-10(2,3)7-12/h9,13H,6-8H2,1-5H3. The van der Waals surface area contributed by atoms with E-state index in [2.05, 4.69) is 39.9 Å². The van der Waals surface area contributed by atoms with Crippen LogP contribution in [0.25, 0.3) is 0 Å². The van der Waals surface area contributed by atoms with Gasteiger partial charge in [0.15, 0.2) is 0 Å². The first-order valence-electron chi connectivity index (χ1n) is 5.68. The molecule has 0 radical (unpaired) electrons. The van der Waals surface area contributed by atoms with Crippen molar-refractivity contribution >= 4 is 0 Å². The van der Waals surface area contributed by atoms with Gasteiger partial charge in [-0.25, -0.2) is 0 Å². The molecule has 1 unspecified atom stereocenters. The lowest BCUT2D eigenvalue weighted by molar-refractivity contribution is -0.249. The Bertz CT molecular complexity index is 237. The molecule has 0 aromatic carbocycles. The highest BCUT2D eigenvalue weighted by molar-refractivity contribution is 5.03. The maximum atomic E-state index is 6.15. The van der Waals surface area contributed by atoms with Crippen molar-refractivity contribution < 1.29 is 4.74 Å². The first-order valence-corrected chi connectivity index (χ1v) is 5.68. The normalized spacial score (nSPS) is 37.9. The Hall–Kier alpha value is -0.0800. The number of hydrogen-bond acceptors (Lipinski definition) is 2. The van der Waals surface area contributed by atoms with Crippen LogP contribution in [0, 0.1) is 10.8 Å². The fourth-order valence-electron chi connectivity index (χ4n) is 2.77. The van der Waals surface area contributed by atoms with Crippen LogP contribution in [0.5, 0.6) is 0 Å². The minimum absolute atomic E-state index is 0.0123. The second kappa shape index (κ2) is 2.73. The van der Waals surface area contributed by atoms with Crippen molar-refractivity contribution in [1.82, 2.24) is 5.32 Å². The van der Waals surface area contributed by atoms with E-state index in [4.69, 9.17) is 4.74 Å². The zero-order chi connectivity index (χ0) is 10.6. The Morgan fingerprint density at radius 1 is 1.14 bits per heavy atom. The van der Waals surface area contributed by atoms with E-state index in [9.17, 15) is 0 Å². The molecule has 2 nitrogen and oxygen atoms in total. The molecule has 2 rings (SSSR count). The van der Waals surface area contributed by atoms with Crippen LogP contribution in [0.4, 0.5) is 0 Å². The molecule has 1 aliphatic carbocycles. The largest absolute Gasteiger partial charge is 0.357 e. The van der Waals surface area contributed by atoms with Crippen LogP contribution in [-0.2, 0) is 4.74 Å². The first kappa shape index (κ1) is 10.4. The smallest absolute Gasteiger partial charge is 0.120 e. The number of hydrogen-bond donors (Lipinski definition) is 1. The van der Waals surface area contributed by atoms with E-state index in [0.717, 1.165) is 19.4 Å². The lowest BCUT2D eigenvalue weighted by Gasteiger charge is -2.59. The van der Waals surface area contributed by atoms with E-state index in [1.807, 2.05) is 0 Å². The van der Waals surface area contributed by atoms with Gasteiger partial charge in [0.1, 0.15) is 5.72 Å². The monoisotopic (exact) mass is 197 g/mol. The molecule has 1 saturated heterocycles. The third-order valence-electron chi connectivity index (χ3n) is 3.90. The average molecular weight is 197 g/mol. The van der Waals surface area contributed by atoms with Gasteiger partial charge < -0.3 is 4.74 Å². The van der Waals surface area contributed by atoms with Crippen molar-refractivity contribution in [3.8, 4) is 0 Å². The van der Waals surface area contributed by atoms with Gasteiger partial charge in [0.25, 0.3) is 0 Å². The summed E-state index contributed by atoms with van der Waals surface area (Å²) in [5.74, 6) is 0. The summed E-state index contributed by atoms with van der Waals surface area (Å²) in [5, 5.41) is 3.59. The molecule has 1 saturated carbocycles. The Labute approximate surface area is 87.4 Å². The summed E-state index contributed by atoms with van der Waals surface area (Å²) < 4.78 is 6.15. The number of nitrogens with one attached hydrogen (secondary N) is 1. The molecule has 0 aromatic heterocycles. The minimum atomic E-state index is 0.0123. The average Bonchev–Trinajstić information content (AvgIpc) is 1.95. The molecule has 0 bridgehead atoms. The van der Waals surface area contributed by atoms with Gasteiger partial charge >= 0.3 is 0 Å². The topological polar surface area (TPSA) is 21.3 Å². The quantitative estimate of drug-likeness (QED) is 0.644. The summed E-state index contributed by atoms with van der Waals surface area (Å²) in [6.07, 6.45) is 2.67. The van der Waals surface area contributed by atoms with Crippen molar-refractivity contribution in [3.63, 3.8) is 0 Å². The lowest BCUT2D eigenvalue weighted by atomic mass is 9.64. The van der Waals surface area contributed by atoms with E-state index >= 15 is 0 Å². The zero-order valence-corrected chi connectivity index (χ0v) is 10.1. The van der Waals surface area contributed by atoms with Crippen LogP contribution in [0.1, 0.15) is 47.5 Å². The summed E-state index contributed by atoms with van der Waals surface area (Å²) in [6.45, 7) is 12.4. The van der Waals surface area contributed by atoms with Crippen LogP contribution in [-0.4, -0.2) is 18.4 Å². The molecule has 1 aliphatic heterocycles. The van der Waals surface area contributed by atoms with Crippen LogP contribution < -0.4 is 5.32 Å². The molecule has 2 heteroatoms. The van der Waals surface area contributed by atoms with Gasteiger partial charge in [0.2, 0.25) is 0 Å². The van der Waals surface area contributed by atoms with E-state index in [0.29, 0.717) is 11.5 Å². The minimum Gasteiger partial charge on any atom is -0.357 e. The van der Waals surface area contributed by atoms with Crippen LogP contribution in [0.3, 0.4) is 0 Å². The molecule has 82 valence electrons. The van der Waals surface area contributed by atoms with Crippen LogP contribution in [0.2, 0.25) is 0 Å². The van der Waals surface area contributed by atoms with Crippen molar-refractivity contribution in [2.24, 2.45) is 10.8 Å². The van der Waals surface area contributed by atoms with E-state index in [1.54, 1.807) is 0 Å². The Kier molecular flexibility index (Phi) is 2.04. The molecule has 14 heavy (non-hydrogen) atoms. The first-order chi connectivity index (χ1) is 6.25. The molecule has 1 spiro atoms. The molecule has 0 amide bonds. The summed E-state index contributed by atoms with van der Waals surface area (Å²) in [6, 6.07) is 0. The van der Waals surface area contributed by atoms with Gasteiger partial charge in [-0.2, -0.15) is 0 Å². The number of ether oxygens (including phenoxy) is 1. The second-order valence-corrected chi connectivity index (χ2v) is 6.61. The highest BCUT2D eigenvalue weighted by Gasteiger charge is 2.54. The molecule has 0 aromatic rings. The van der Waals surface area contributed by atoms with Crippen molar-refractivity contribution in [2.75, 3.05) is 6.54 Å². The molecule has 1 heterocycles. The predicted molar refractivity (Wildman–Crippen MR) is 58.1 cm³/mol. The molecule has 1 atom stereocenters. The van der Waals surface area contributed by atoms with Gasteiger partial charge in [-0.1, -0.05) is 27.7 Å². The lowest BCUT2D eigenvalue weighted by Crippen LogP contribution is -2.68. The summed E-state index contributed by atoms with van der Waals surface area (Å²) in [5.41, 5.74) is 0.748. The van der Waals surface area contributed by atoms with E-state index < -0.39 is 0 Å². The fraction of sp³-hybridized carbons (Fsp3) is 1.00. The maximum Gasteiger partial charge on any atom is 0.120 e.